The van der Waals surface area contributed by atoms with Crippen LogP contribution in [0.3, 0.4) is 0 Å². The highest BCUT2D eigenvalue weighted by molar-refractivity contribution is 7.85. The van der Waals surface area contributed by atoms with E-state index in [2.05, 4.69) is 31.3 Å². The maximum absolute atomic E-state index is 12.3. The Kier molecular flexibility index (Phi) is 20.3. The van der Waals surface area contributed by atoms with Crippen LogP contribution in [0.25, 0.3) is 0 Å². The van der Waals surface area contributed by atoms with Crippen LogP contribution >= 0.6 is 0 Å². The molecule has 3 unspecified atom stereocenters. The van der Waals surface area contributed by atoms with Gasteiger partial charge in [0.2, 0.25) is 5.91 Å². The second-order valence-electron chi connectivity index (χ2n) is 9.12. The summed E-state index contributed by atoms with van der Waals surface area (Å²) in [5.74, 6) is -1.55. The van der Waals surface area contributed by atoms with E-state index in [9.17, 15) is 28.0 Å². The maximum Gasteiger partial charge on any atom is 0.266 e. The van der Waals surface area contributed by atoms with Crippen molar-refractivity contribution in [2.45, 2.75) is 128 Å². The summed E-state index contributed by atoms with van der Waals surface area (Å²) >= 11 is 0. The van der Waals surface area contributed by atoms with Crippen molar-refractivity contribution < 1.29 is 28.0 Å². The van der Waals surface area contributed by atoms with Crippen molar-refractivity contribution in [3.63, 3.8) is 0 Å². The number of carbonyl (C=O) groups is 1. The standard InChI is InChI=1S/C26H49NO6S/c1-3-5-7-9-10-11-12-13-14-15-17-19-21-25(29)26(30)27-23(22-34(31,32)33)24(28)20-18-16-8-6-4-2/h13-14,17,19,23-25,28-29H,3-12,15-16,18,20-22H2,1-2H3,(H,27,30)(H,31,32,33)/b14-13-,19-17-. The molecule has 0 aromatic rings. The van der Waals surface area contributed by atoms with E-state index in [1.54, 1.807) is 6.08 Å². The van der Waals surface area contributed by atoms with Crippen molar-refractivity contribution in [1.82, 2.24) is 5.32 Å². The summed E-state index contributed by atoms with van der Waals surface area (Å²) in [5.41, 5.74) is 0. The SMILES string of the molecule is CCCCCCCC/C=C\C/C=C\CC(O)C(=O)NC(CS(=O)(=O)O)C(O)CCCCCCC. The summed E-state index contributed by atoms with van der Waals surface area (Å²) in [6.07, 6.45) is 19.9. The number of aliphatic hydroxyl groups excluding tert-OH is 2. The van der Waals surface area contributed by atoms with Gasteiger partial charge in [0.25, 0.3) is 10.1 Å². The van der Waals surface area contributed by atoms with Gasteiger partial charge in [-0.3, -0.25) is 9.35 Å². The summed E-state index contributed by atoms with van der Waals surface area (Å²) in [5, 5.41) is 22.9. The predicted octanol–water partition coefficient (Wildman–Crippen LogP) is 5.08. The van der Waals surface area contributed by atoms with Crippen LogP contribution in [0.4, 0.5) is 0 Å². The molecule has 4 N–H and O–H groups in total. The fraction of sp³-hybridized carbons (Fsp3) is 0.808. The number of aliphatic hydroxyl groups is 2. The van der Waals surface area contributed by atoms with Crippen molar-refractivity contribution in [2.24, 2.45) is 0 Å². The van der Waals surface area contributed by atoms with Crippen molar-refractivity contribution in [1.29, 1.82) is 0 Å². The van der Waals surface area contributed by atoms with E-state index in [0.29, 0.717) is 19.3 Å². The van der Waals surface area contributed by atoms with Crippen molar-refractivity contribution in [3.05, 3.63) is 24.3 Å². The van der Waals surface area contributed by atoms with Crippen LogP contribution in [0.2, 0.25) is 0 Å². The highest BCUT2D eigenvalue weighted by atomic mass is 32.2. The van der Waals surface area contributed by atoms with E-state index in [1.165, 1.54) is 38.5 Å². The van der Waals surface area contributed by atoms with Gasteiger partial charge >= 0.3 is 0 Å². The van der Waals surface area contributed by atoms with E-state index < -0.39 is 40.0 Å². The average molecular weight is 504 g/mol. The zero-order chi connectivity index (χ0) is 25.7. The van der Waals surface area contributed by atoms with Gasteiger partial charge in [0.15, 0.2) is 0 Å². The molecule has 0 radical (unpaired) electrons. The molecule has 34 heavy (non-hydrogen) atoms. The Morgan fingerprint density at radius 1 is 0.824 bits per heavy atom. The first-order chi connectivity index (χ1) is 16.2. The first kappa shape index (κ1) is 32.8. The number of unbranched alkanes of at least 4 members (excludes halogenated alkanes) is 10. The highest BCUT2D eigenvalue weighted by Gasteiger charge is 2.28. The van der Waals surface area contributed by atoms with Crippen molar-refractivity contribution in [2.75, 3.05) is 5.75 Å². The molecule has 0 spiro atoms. The fourth-order valence-electron chi connectivity index (χ4n) is 3.68. The third kappa shape index (κ3) is 20.2. The second-order valence-corrected chi connectivity index (χ2v) is 10.6. The average Bonchev–Trinajstić information content (AvgIpc) is 2.78. The van der Waals surface area contributed by atoms with Gasteiger partial charge < -0.3 is 15.5 Å². The van der Waals surface area contributed by atoms with Gasteiger partial charge in [0.05, 0.1) is 17.9 Å². The van der Waals surface area contributed by atoms with Gasteiger partial charge in [-0.2, -0.15) is 8.42 Å². The lowest BCUT2D eigenvalue weighted by molar-refractivity contribution is -0.130. The van der Waals surface area contributed by atoms with Crippen LogP contribution in [0, 0.1) is 0 Å². The molecular formula is C26H49NO6S. The maximum atomic E-state index is 12.3. The lowest BCUT2D eigenvalue weighted by Gasteiger charge is -2.24. The first-order valence-electron chi connectivity index (χ1n) is 13.1. The van der Waals surface area contributed by atoms with Crippen molar-refractivity contribution >= 4 is 16.0 Å². The molecule has 0 aromatic heterocycles. The molecule has 1 amide bonds. The summed E-state index contributed by atoms with van der Waals surface area (Å²) in [4.78, 5) is 12.3. The number of allylic oxidation sites excluding steroid dienone is 3. The number of rotatable bonds is 22. The van der Waals surface area contributed by atoms with Crippen LogP contribution < -0.4 is 5.32 Å². The monoisotopic (exact) mass is 503 g/mol. The third-order valence-electron chi connectivity index (χ3n) is 5.78. The quantitative estimate of drug-likeness (QED) is 0.0927. The smallest absolute Gasteiger partial charge is 0.266 e. The number of carbonyl (C=O) groups excluding carboxylic acids is 1. The van der Waals surface area contributed by atoms with Gasteiger partial charge in [0.1, 0.15) is 6.10 Å². The van der Waals surface area contributed by atoms with Crippen LogP contribution in [0.5, 0.6) is 0 Å². The van der Waals surface area contributed by atoms with Gasteiger partial charge in [0, 0.05) is 6.42 Å². The lowest BCUT2D eigenvalue weighted by Crippen LogP contribution is -2.50. The zero-order valence-corrected chi connectivity index (χ0v) is 22.1. The van der Waals surface area contributed by atoms with Crippen LogP contribution in [-0.4, -0.2) is 53.1 Å². The molecule has 8 heteroatoms. The summed E-state index contributed by atoms with van der Waals surface area (Å²) < 4.78 is 31.8. The predicted molar refractivity (Wildman–Crippen MR) is 139 cm³/mol. The second kappa shape index (κ2) is 21.1. The van der Waals surface area contributed by atoms with Crippen LogP contribution in [0.1, 0.15) is 110 Å². The third-order valence-corrected chi connectivity index (χ3v) is 6.56. The van der Waals surface area contributed by atoms with Gasteiger partial charge in [-0.1, -0.05) is 102 Å². The normalized spacial score (nSPS) is 15.1. The number of amides is 1. The zero-order valence-electron chi connectivity index (χ0n) is 21.3. The molecule has 0 rings (SSSR count). The molecule has 0 aliphatic rings. The topological polar surface area (TPSA) is 124 Å². The van der Waals surface area contributed by atoms with Crippen LogP contribution in [-0.2, 0) is 14.9 Å². The van der Waals surface area contributed by atoms with E-state index in [4.69, 9.17) is 0 Å². The van der Waals surface area contributed by atoms with Gasteiger partial charge in [-0.05, 0) is 25.7 Å². The van der Waals surface area contributed by atoms with E-state index in [-0.39, 0.29) is 6.42 Å². The minimum Gasteiger partial charge on any atom is -0.391 e. The molecule has 7 nitrogen and oxygen atoms in total. The van der Waals surface area contributed by atoms with E-state index in [1.807, 2.05) is 6.08 Å². The Bertz CT molecular complexity index is 662. The number of hydrogen-bond acceptors (Lipinski definition) is 5. The molecule has 3 atom stereocenters. The summed E-state index contributed by atoms with van der Waals surface area (Å²) in [6.45, 7) is 4.31. The Morgan fingerprint density at radius 3 is 2.00 bits per heavy atom. The molecular weight excluding hydrogens is 454 g/mol. The molecule has 0 fully saturated rings. The van der Waals surface area contributed by atoms with E-state index in [0.717, 1.165) is 32.1 Å². The minimum absolute atomic E-state index is 0.0861. The molecule has 0 aliphatic heterocycles. The Morgan fingerprint density at radius 2 is 1.38 bits per heavy atom. The molecule has 0 bridgehead atoms. The number of nitrogens with one attached hydrogen (secondary N) is 1. The molecule has 0 heterocycles. The minimum atomic E-state index is -4.40. The molecule has 0 aliphatic carbocycles. The Labute approximate surface area is 207 Å². The van der Waals surface area contributed by atoms with Crippen LogP contribution in [0.15, 0.2) is 24.3 Å². The summed E-state index contributed by atoms with van der Waals surface area (Å²) in [7, 11) is -4.40. The molecule has 0 saturated heterocycles. The Hall–Kier alpha value is -1.22. The highest BCUT2D eigenvalue weighted by Crippen LogP contribution is 2.12. The van der Waals surface area contributed by atoms with Crippen molar-refractivity contribution in [3.8, 4) is 0 Å². The Balaban J connectivity index is 4.34. The molecule has 0 aromatic carbocycles. The molecule has 0 saturated carbocycles. The first-order valence-corrected chi connectivity index (χ1v) is 14.7. The summed E-state index contributed by atoms with van der Waals surface area (Å²) in [6, 6.07) is -1.17. The lowest BCUT2D eigenvalue weighted by atomic mass is 10.0. The van der Waals surface area contributed by atoms with Gasteiger partial charge in [-0.15, -0.1) is 0 Å². The fourth-order valence-corrected chi connectivity index (χ4v) is 4.44. The molecule has 200 valence electrons. The number of hydrogen-bond donors (Lipinski definition) is 4. The van der Waals surface area contributed by atoms with Gasteiger partial charge in [-0.25, -0.2) is 0 Å². The largest absolute Gasteiger partial charge is 0.391 e. The van der Waals surface area contributed by atoms with E-state index >= 15 is 0 Å².